The summed E-state index contributed by atoms with van der Waals surface area (Å²) in [5.74, 6) is 1.000. The van der Waals surface area contributed by atoms with Crippen molar-refractivity contribution in [3.05, 3.63) is 0 Å². The third-order valence-electron chi connectivity index (χ3n) is 3.61. The molecular formula is C13H25NO2S. The fourth-order valence-electron chi connectivity index (χ4n) is 2.81. The van der Waals surface area contributed by atoms with Crippen molar-refractivity contribution in [1.82, 2.24) is 5.32 Å². The lowest BCUT2D eigenvalue weighted by Gasteiger charge is -2.41. The van der Waals surface area contributed by atoms with Gasteiger partial charge in [-0.25, -0.2) is 0 Å². The highest BCUT2D eigenvalue weighted by molar-refractivity contribution is 7.99. The minimum atomic E-state index is -0.239. The van der Waals surface area contributed by atoms with Crippen LogP contribution in [0.25, 0.3) is 0 Å². The molecule has 2 fully saturated rings. The second-order valence-corrected chi connectivity index (χ2v) is 6.27. The van der Waals surface area contributed by atoms with Crippen LogP contribution >= 0.6 is 11.8 Å². The quantitative estimate of drug-likeness (QED) is 0.821. The smallest absolute Gasteiger partial charge is 0.169 e. The predicted molar refractivity (Wildman–Crippen MR) is 72.5 cm³/mol. The van der Waals surface area contributed by atoms with Crippen LogP contribution in [0, 0.1) is 0 Å². The lowest BCUT2D eigenvalue weighted by molar-refractivity contribution is -0.178. The molecule has 1 heterocycles. The minimum absolute atomic E-state index is 0.239. The van der Waals surface area contributed by atoms with Gasteiger partial charge in [0.05, 0.1) is 13.2 Å². The molecule has 1 aliphatic carbocycles. The van der Waals surface area contributed by atoms with Crippen molar-refractivity contribution >= 4 is 11.8 Å². The third kappa shape index (κ3) is 3.37. The molecule has 2 aliphatic rings. The number of hydrogen-bond donors (Lipinski definition) is 1. The van der Waals surface area contributed by atoms with Crippen LogP contribution < -0.4 is 5.32 Å². The van der Waals surface area contributed by atoms with Crippen LogP contribution in [0.5, 0.6) is 0 Å². The highest BCUT2D eigenvalue weighted by Gasteiger charge is 2.44. The summed E-state index contributed by atoms with van der Waals surface area (Å²) in [7, 11) is 0. The number of rotatable bonds is 5. The molecule has 1 spiro atoms. The molecule has 0 aromatic carbocycles. The molecule has 2 rings (SSSR count). The van der Waals surface area contributed by atoms with Gasteiger partial charge in [0.2, 0.25) is 0 Å². The van der Waals surface area contributed by atoms with Crippen molar-refractivity contribution in [1.29, 1.82) is 0 Å². The molecule has 100 valence electrons. The van der Waals surface area contributed by atoms with Crippen LogP contribution in [0.1, 0.15) is 39.5 Å². The summed E-state index contributed by atoms with van der Waals surface area (Å²) in [5.41, 5.74) is 0. The van der Waals surface area contributed by atoms with Gasteiger partial charge < -0.3 is 14.8 Å². The zero-order valence-electron chi connectivity index (χ0n) is 11.0. The summed E-state index contributed by atoms with van der Waals surface area (Å²) in [6.07, 6.45) is 4.52. The summed E-state index contributed by atoms with van der Waals surface area (Å²) in [5, 5.41) is 4.26. The Hall–Kier alpha value is 0.230. The average Bonchev–Trinajstić information content (AvgIpc) is 2.78. The molecule has 1 saturated heterocycles. The Kier molecular flexibility index (Phi) is 5.15. The average molecular weight is 259 g/mol. The standard InChI is InChI=1S/C13H25NO2S/c1-3-9-17-12-10-13(15-7-8-16-13)6-5-11(12)14-4-2/h11-12,14H,3-10H2,1-2H3. The Morgan fingerprint density at radius 1 is 1.29 bits per heavy atom. The summed E-state index contributed by atoms with van der Waals surface area (Å²) in [4.78, 5) is 0. The number of nitrogens with one attached hydrogen (secondary N) is 1. The lowest BCUT2D eigenvalue weighted by atomic mass is 9.89. The van der Waals surface area contributed by atoms with Crippen LogP contribution in [0.2, 0.25) is 0 Å². The van der Waals surface area contributed by atoms with E-state index in [1.807, 2.05) is 0 Å². The van der Waals surface area contributed by atoms with Gasteiger partial charge in [-0.3, -0.25) is 0 Å². The summed E-state index contributed by atoms with van der Waals surface area (Å²) in [6, 6.07) is 0.634. The molecule has 1 aliphatic heterocycles. The molecule has 17 heavy (non-hydrogen) atoms. The zero-order valence-corrected chi connectivity index (χ0v) is 11.9. The molecule has 0 aromatic heterocycles. The van der Waals surface area contributed by atoms with E-state index in [1.54, 1.807) is 0 Å². The molecule has 4 heteroatoms. The maximum atomic E-state index is 5.85. The minimum Gasteiger partial charge on any atom is -0.347 e. The predicted octanol–water partition coefficient (Wildman–Crippen LogP) is 2.40. The molecule has 0 radical (unpaired) electrons. The van der Waals surface area contributed by atoms with Crippen LogP contribution in [-0.4, -0.2) is 42.6 Å². The second kappa shape index (κ2) is 6.41. The maximum Gasteiger partial charge on any atom is 0.169 e. The van der Waals surface area contributed by atoms with Gasteiger partial charge in [0, 0.05) is 24.1 Å². The van der Waals surface area contributed by atoms with Crippen molar-refractivity contribution in [3.63, 3.8) is 0 Å². The van der Waals surface area contributed by atoms with E-state index in [0.29, 0.717) is 11.3 Å². The molecule has 2 atom stereocenters. The van der Waals surface area contributed by atoms with Gasteiger partial charge in [0.25, 0.3) is 0 Å². The van der Waals surface area contributed by atoms with Crippen LogP contribution in [0.4, 0.5) is 0 Å². The molecule has 0 amide bonds. The van der Waals surface area contributed by atoms with Crippen molar-refractivity contribution in [2.45, 2.75) is 56.6 Å². The molecule has 1 N–H and O–H groups in total. The molecule has 1 saturated carbocycles. The fraction of sp³-hybridized carbons (Fsp3) is 1.00. The summed E-state index contributed by atoms with van der Waals surface area (Å²) >= 11 is 2.08. The van der Waals surface area contributed by atoms with E-state index < -0.39 is 0 Å². The van der Waals surface area contributed by atoms with Crippen molar-refractivity contribution in [3.8, 4) is 0 Å². The van der Waals surface area contributed by atoms with Gasteiger partial charge in [0.1, 0.15) is 0 Å². The normalized spacial score (nSPS) is 32.1. The first-order valence-corrected chi connectivity index (χ1v) is 7.97. The Morgan fingerprint density at radius 2 is 2.06 bits per heavy atom. The Balaban J connectivity index is 1.93. The van der Waals surface area contributed by atoms with Crippen molar-refractivity contribution < 1.29 is 9.47 Å². The fourth-order valence-corrected chi connectivity index (χ4v) is 4.19. The Morgan fingerprint density at radius 3 is 2.71 bits per heavy atom. The SMILES string of the molecule is CCCSC1CC2(CCC1NCC)OCCO2. The first-order chi connectivity index (χ1) is 8.29. The molecule has 0 aromatic rings. The molecule has 3 nitrogen and oxygen atoms in total. The number of hydrogen-bond acceptors (Lipinski definition) is 4. The van der Waals surface area contributed by atoms with E-state index in [4.69, 9.17) is 9.47 Å². The van der Waals surface area contributed by atoms with Crippen LogP contribution in [-0.2, 0) is 9.47 Å². The van der Waals surface area contributed by atoms with E-state index >= 15 is 0 Å². The largest absolute Gasteiger partial charge is 0.347 e. The van der Waals surface area contributed by atoms with Gasteiger partial charge in [-0.1, -0.05) is 13.8 Å². The number of ether oxygens (including phenoxy) is 2. The third-order valence-corrected chi connectivity index (χ3v) is 5.18. The highest BCUT2D eigenvalue weighted by Crippen LogP contribution is 2.40. The van der Waals surface area contributed by atoms with Crippen LogP contribution in [0.3, 0.4) is 0 Å². The van der Waals surface area contributed by atoms with Crippen molar-refractivity contribution in [2.24, 2.45) is 0 Å². The Bertz CT molecular complexity index is 231. The van der Waals surface area contributed by atoms with Gasteiger partial charge in [0.15, 0.2) is 5.79 Å². The first-order valence-electron chi connectivity index (χ1n) is 6.92. The Labute approximate surface area is 109 Å². The van der Waals surface area contributed by atoms with E-state index in [9.17, 15) is 0 Å². The number of thioether (sulfide) groups is 1. The monoisotopic (exact) mass is 259 g/mol. The zero-order chi connectivity index (χ0) is 12.1. The summed E-state index contributed by atoms with van der Waals surface area (Å²) < 4.78 is 11.7. The molecular weight excluding hydrogens is 234 g/mol. The first kappa shape index (κ1) is 13.7. The van der Waals surface area contributed by atoms with E-state index in [0.717, 1.165) is 32.6 Å². The van der Waals surface area contributed by atoms with Crippen LogP contribution in [0.15, 0.2) is 0 Å². The lowest BCUT2D eigenvalue weighted by Crippen LogP contribution is -2.49. The second-order valence-electron chi connectivity index (χ2n) is 4.92. The molecule has 2 unspecified atom stereocenters. The molecule has 0 bridgehead atoms. The topological polar surface area (TPSA) is 30.5 Å². The van der Waals surface area contributed by atoms with Gasteiger partial charge in [-0.2, -0.15) is 11.8 Å². The van der Waals surface area contributed by atoms with E-state index in [1.165, 1.54) is 18.6 Å². The van der Waals surface area contributed by atoms with Gasteiger partial charge >= 0.3 is 0 Å². The van der Waals surface area contributed by atoms with Crippen molar-refractivity contribution in [2.75, 3.05) is 25.5 Å². The van der Waals surface area contributed by atoms with Gasteiger partial charge in [-0.15, -0.1) is 0 Å². The maximum absolute atomic E-state index is 5.85. The summed E-state index contributed by atoms with van der Waals surface area (Å²) in [6.45, 7) is 7.04. The van der Waals surface area contributed by atoms with E-state index in [-0.39, 0.29) is 5.79 Å². The van der Waals surface area contributed by atoms with Gasteiger partial charge in [-0.05, 0) is 25.1 Å². The van der Waals surface area contributed by atoms with E-state index in [2.05, 4.69) is 30.9 Å². The highest BCUT2D eigenvalue weighted by atomic mass is 32.2.